The molecule has 49 heavy (non-hydrogen) atoms. The number of aliphatic hydroxyl groups is 1. The second-order valence-electron chi connectivity index (χ2n) is 14.5. The number of nitrogens with zero attached hydrogens (tertiary/aromatic N) is 2. The van der Waals surface area contributed by atoms with E-state index in [1.807, 2.05) is 31.2 Å². The van der Waals surface area contributed by atoms with Crippen LogP contribution >= 0.6 is 11.3 Å². The smallest absolute Gasteiger partial charge is 0.258 e. The highest BCUT2D eigenvalue weighted by atomic mass is 32.1. The minimum absolute atomic E-state index is 0.0107. The summed E-state index contributed by atoms with van der Waals surface area (Å²) in [7, 11) is 0. The van der Waals surface area contributed by atoms with Crippen LogP contribution in [0, 0.1) is 12.3 Å². The largest absolute Gasteiger partial charge is 0.391 e. The summed E-state index contributed by atoms with van der Waals surface area (Å²) >= 11 is 1.53. The molecule has 1 aliphatic carbocycles. The van der Waals surface area contributed by atoms with Gasteiger partial charge in [-0.2, -0.15) is 0 Å². The molecule has 0 bridgehead atoms. The van der Waals surface area contributed by atoms with Crippen molar-refractivity contribution in [2.75, 3.05) is 19.6 Å². The monoisotopic (exact) mass is 700 g/mol. The standard InChI is InChI=1S/C36H53FN6O5S/c1-23-30(49-22-40-23)25-13-11-24(12-14-25)27(20-29(45)39-18-10-8-6-5-7-9-17-38)41-32(46)28-19-26(44)21-43(28)33(47)31(35(2,3)4)42-34(48)36(37)15-16-36/h11-14,22,26-28,31,44H,5-10,15-21,38H2,1-4H3,(H,39,45)(H,41,46)(H,42,48)/t26-,27+,28+,31-/m1/s1. The van der Waals surface area contributed by atoms with Gasteiger partial charge >= 0.3 is 0 Å². The number of benzene rings is 1. The van der Waals surface area contributed by atoms with Gasteiger partial charge in [0.25, 0.3) is 5.91 Å². The van der Waals surface area contributed by atoms with Crippen LogP contribution in [-0.4, -0.2) is 82.1 Å². The molecule has 1 aromatic carbocycles. The maximum atomic E-state index is 14.6. The Labute approximate surface area is 293 Å². The number of nitrogens with two attached hydrogens (primary N) is 1. The van der Waals surface area contributed by atoms with Crippen LogP contribution in [0.25, 0.3) is 10.4 Å². The number of thiazole rings is 1. The maximum absolute atomic E-state index is 14.6. The molecule has 0 spiro atoms. The summed E-state index contributed by atoms with van der Waals surface area (Å²) in [4.78, 5) is 60.3. The van der Waals surface area contributed by atoms with Crippen LogP contribution in [0.1, 0.15) is 102 Å². The van der Waals surface area contributed by atoms with Crippen molar-refractivity contribution >= 4 is 35.0 Å². The Balaban J connectivity index is 1.47. The Kier molecular flexibility index (Phi) is 13.3. The molecule has 2 aliphatic rings. The Morgan fingerprint density at radius 3 is 2.31 bits per heavy atom. The van der Waals surface area contributed by atoms with E-state index in [1.165, 1.54) is 16.2 Å². The van der Waals surface area contributed by atoms with Crippen molar-refractivity contribution in [3.05, 3.63) is 41.0 Å². The number of amides is 4. The molecule has 2 fully saturated rings. The van der Waals surface area contributed by atoms with Crippen molar-refractivity contribution in [1.82, 2.24) is 25.8 Å². The summed E-state index contributed by atoms with van der Waals surface area (Å²) in [6, 6.07) is 4.73. The van der Waals surface area contributed by atoms with E-state index in [0.717, 1.165) is 54.7 Å². The number of aryl methyl sites for hydroxylation is 1. The fourth-order valence-corrected chi connectivity index (χ4v) is 6.96. The van der Waals surface area contributed by atoms with E-state index in [0.29, 0.717) is 18.7 Å². The maximum Gasteiger partial charge on any atom is 0.258 e. The third-order valence-corrected chi connectivity index (χ3v) is 10.3. The van der Waals surface area contributed by atoms with Gasteiger partial charge in [0, 0.05) is 19.5 Å². The van der Waals surface area contributed by atoms with E-state index in [1.54, 1.807) is 26.3 Å². The number of hydrogen-bond donors (Lipinski definition) is 5. The zero-order valence-electron chi connectivity index (χ0n) is 29.2. The highest BCUT2D eigenvalue weighted by molar-refractivity contribution is 7.13. The van der Waals surface area contributed by atoms with Crippen LogP contribution in [-0.2, 0) is 19.2 Å². The quantitative estimate of drug-likeness (QED) is 0.155. The summed E-state index contributed by atoms with van der Waals surface area (Å²) < 4.78 is 14.6. The number of carbonyl (C=O) groups excluding carboxylic acids is 4. The van der Waals surface area contributed by atoms with Gasteiger partial charge < -0.3 is 31.7 Å². The van der Waals surface area contributed by atoms with Gasteiger partial charge in [0.1, 0.15) is 12.1 Å². The van der Waals surface area contributed by atoms with Gasteiger partial charge in [-0.05, 0) is 55.7 Å². The third-order valence-electron chi connectivity index (χ3n) is 9.33. The number of likely N-dealkylation sites (tertiary alicyclic amines) is 1. The van der Waals surface area contributed by atoms with Gasteiger partial charge in [-0.15, -0.1) is 11.3 Å². The molecule has 1 aliphatic heterocycles. The molecule has 1 aromatic heterocycles. The van der Waals surface area contributed by atoms with Crippen LogP contribution in [0.2, 0.25) is 0 Å². The number of rotatable bonds is 17. The minimum Gasteiger partial charge on any atom is -0.391 e. The third kappa shape index (κ3) is 10.5. The fraction of sp³-hybridized carbons (Fsp3) is 0.639. The zero-order chi connectivity index (χ0) is 35.8. The summed E-state index contributed by atoms with van der Waals surface area (Å²) in [6.45, 7) is 8.31. The molecule has 11 nitrogen and oxygen atoms in total. The normalized spacial score (nSPS) is 19.6. The number of alkyl halides is 1. The first kappa shape index (κ1) is 38.4. The molecule has 0 radical (unpaired) electrons. The molecule has 4 atom stereocenters. The van der Waals surface area contributed by atoms with Crippen LogP contribution in [0.4, 0.5) is 4.39 Å². The number of β-amino-alcohol motifs (C(OH)–C–C–N with tert-alkyl or cyclic N) is 1. The highest BCUT2D eigenvalue weighted by Crippen LogP contribution is 2.40. The van der Waals surface area contributed by atoms with E-state index in [4.69, 9.17) is 5.73 Å². The average Bonchev–Trinajstić information content (AvgIpc) is 3.46. The molecule has 2 aromatic rings. The molecular weight excluding hydrogens is 647 g/mol. The first-order valence-corrected chi connectivity index (χ1v) is 18.4. The van der Waals surface area contributed by atoms with Gasteiger partial charge in [0.2, 0.25) is 17.7 Å². The van der Waals surface area contributed by atoms with E-state index in [9.17, 15) is 28.7 Å². The summed E-state index contributed by atoms with van der Waals surface area (Å²) in [5.74, 6) is -2.14. The van der Waals surface area contributed by atoms with Crippen molar-refractivity contribution in [2.24, 2.45) is 11.1 Å². The lowest BCUT2D eigenvalue weighted by atomic mass is 9.85. The average molecular weight is 701 g/mol. The number of hydrogen-bond acceptors (Lipinski definition) is 8. The van der Waals surface area contributed by atoms with Gasteiger partial charge in [0.05, 0.1) is 34.6 Å². The van der Waals surface area contributed by atoms with Crippen LogP contribution in [0.15, 0.2) is 29.8 Å². The second kappa shape index (κ2) is 17.0. The van der Waals surface area contributed by atoms with Crippen LogP contribution < -0.4 is 21.7 Å². The molecule has 2 heterocycles. The molecular formula is C36H53FN6O5S. The van der Waals surface area contributed by atoms with E-state index >= 15 is 0 Å². The summed E-state index contributed by atoms with van der Waals surface area (Å²) in [6.07, 6.45) is 5.38. The van der Waals surface area contributed by atoms with Crippen molar-refractivity contribution in [2.45, 2.75) is 122 Å². The number of halogens is 1. The van der Waals surface area contributed by atoms with Crippen LogP contribution in [0.3, 0.4) is 0 Å². The predicted octanol–water partition coefficient (Wildman–Crippen LogP) is 4.08. The fourth-order valence-electron chi connectivity index (χ4n) is 6.15. The van der Waals surface area contributed by atoms with Crippen LogP contribution in [0.5, 0.6) is 0 Å². The molecule has 4 amide bonds. The lowest BCUT2D eigenvalue weighted by Gasteiger charge is -2.36. The highest BCUT2D eigenvalue weighted by Gasteiger charge is 2.53. The van der Waals surface area contributed by atoms with Crippen molar-refractivity contribution in [3.8, 4) is 10.4 Å². The minimum atomic E-state index is -1.97. The zero-order valence-corrected chi connectivity index (χ0v) is 30.0. The van der Waals surface area contributed by atoms with E-state index in [-0.39, 0.29) is 38.1 Å². The number of aromatic nitrogens is 1. The molecule has 1 saturated heterocycles. The van der Waals surface area contributed by atoms with Gasteiger partial charge in [-0.3, -0.25) is 19.2 Å². The molecule has 4 rings (SSSR count). The van der Waals surface area contributed by atoms with Gasteiger partial charge in [-0.25, -0.2) is 9.37 Å². The molecule has 6 N–H and O–H groups in total. The lowest BCUT2D eigenvalue weighted by Crippen LogP contribution is -2.59. The second-order valence-corrected chi connectivity index (χ2v) is 15.4. The first-order chi connectivity index (χ1) is 23.2. The Morgan fingerprint density at radius 1 is 1.06 bits per heavy atom. The number of carbonyl (C=O) groups is 4. The van der Waals surface area contributed by atoms with Gasteiger partial charge in [-0.1, -0.05) is 70.7 Å². The van der Waals surface area contributed by atoms with Crippen molar-refractivity contribution in [1.29, 1.82) is 0 Å². The van der Waals surface area contributed by atoms with Gasteiger partial charge in [0.15, 0.2) is 5.67 Å². The SMILES string of the molecule is Cc1ncsc1-c1ccc([C@H](CC(=O)NCCCCCCCCN)NC(=O)[C@@H]2C[C@@H](O)CN2C(=O)[C@@H](NC(=O)C2(F)CC2)C(C)(C)C)cc1. The molecule has 1 saturated carbocycles. The molecule has 13 heteroatoms. The van der Waals surface area contributed by atoms with Crippen molar-refractivity contribution in [3.63, 3.8) is 0 Å². The Morgan fingerprint density at radius 2 is 1.71 bits per heavy atom. The Bertz CT molecular complexity index is 1440. The lowest BCUT2D eigenvalue weighted by molar-refractivity contribution is -0.145. The topological polar surface area (TPSA) is 167 Å². The molecule has 270 valence electrons. The van der Waals surface area contributed by atoms with Crippen molar-refractivity contribution < 1.29 is 28.7 Å². The number of unbranched alkanes of at least 4 members (excludes halogenated alkanes) is 5. The van der Waals surface area contributed by atoms with E-state index < -0.39 is 53.0 Å². The first-order valence-electron chi connectivity index (χ1n) is 17.5. The Hall–Kier alpha value is -3.42. The summed E-state index contributed by atoms with van der Waals surface area (Å²) in [5.41, 5.74) is 7.17. The molecule has 0 unspecified atom stereocenters. The summed E-state index contributed by atoms with van der Waals surface area (Å²) in [5, 5.41) is 19.2. The number of nitrogens with one attached hydrogen (secondary N) is 3. The number of aliphatic hydroxyl groups excluding tert-OH is 1. The van der Waals surface area contributed by atoms with E-state index in [2.05, 4.69) is 20.9 Å². The predicted molar refractivity (Wildman–Crippen MR) is 188 cm³/mol.